The van der Waals surface area contributed by atoms with Gasteiger partial charge in [-0.1, -0.05) is 13.8 Å². The molecule has 0 aromatic carbocycles. The molecule has 96 valence electrons. The number of aryl methyl sites for hydroxylation is 1. The number of ether oxygens (including phenoxy) is 1. The molecule has 0 aliphatic rings. The van der Waals surface area contributed by atoms with E-state index >= 15 is 0 Å². The first-order valence-electron chi connectivity index (χ1n) is 6.32. The lowest BCUT2D eigenvalue weighted by Crippen LogP contribution is -2.11. The molecule has 0 unspecified atom stereocenters. The molecule has 0 spiro atoms. The van der Waals surface area contributed by atoms with E-state index in [1.165, 1.54) is 5.56 Å². The third-order valence-electron chi connectivity index (χ3n) is 2.70. The van der Waals surface area contributed by atoms with Crippen molar-refractivity contribution >= 4 is 5.82 Å². The third-order valence-corrected chi connectivity index (χ3v) is 2.70. The van der Waals surface area contributed by atoms with Gasteiger partial charge in [-0.3, -0.25) is 0 Å². The molecule has 1 heterocycles. The molecule has 4 nitrogen and oxygen atoms in total. The van der Waals surface area contributed by atoms with Gasteiger partial charge in [-0.25, -0.2) is 9.97 Å². The predicted molar refractivity (Wildman–Crippen MR) is 70.5 cm³/mol. The van der Waals surface area contributed by atoms with E-state index in [-0.39, 0.29) is 0 Å². The highest BCUT2D eigenvalue weighted by atomic mass is 16.5. The van der Waals surface area contributed by atoms with Gasteiger partial charge in [-0.15, -0.1) is 0 Å². The zero-order valence-corrected chi connectivity index (χ0v) is 11.3. The van der Waals surface area contributed by atoms with Gasteiger partial charge >= 0.3 is 0 Å². The highest BCUT2D eigenvalue weighted by molar-refractivity contribution is 5.45. The van der Waals surface area contributed by atoms with Gasteiger partial charge in [0, 0.05) is 31.3 Å². The van der Waals surface area contributed by atoms with Crippen LogP contribution in [0, 0.1) is 6.92 Å². The summed E-state index contributed by atoms with van der Waals surface area (Å²) in [4.78, 5) is 9.12. The minimum absolute atomic E-state index is 0.666. The summed E-state index contributed by atoms with van der Waals surface area (Å²) >= 11 is 0. The Bertz CT molecular complexity index is 353. The summed E-state index contributed by atoms with van der Waals surface area (Å²) in [7, 11) is 1.70. The van der Waals surface area contributed by atoms with E-state index in [1.807, 2.05) is 0 Å². The van der Waals surface area contributed by atoms with Crippen LogP contribution in [0.2, 0.25) is 0 Å². The summed E-state index contributed by atoms with van der Waals surface area (Å²) in [6, 6.07) is 0. The molecule has 0 aliphatic heterocycles. The standard InChI is InChI=1S/C13H23N3O/c1-5-8-14-13-10(3)11(6-2)15-12(16-13)7-9-17-4/h5-9H2,1-4H3,(H,14,15,16). The van der Waals surface area contributed by atoms with Gasteiger partial charge in [0.1, 0.15) is 11.6 Å². The maximum Gasteiger partial charge on any atom is 0.133 e. The Labute approximate surface area is 104 Å². The van der Waals surface area contributed by atoms with Gasteiger partial charge in [0.05, 0.1) is 6.61 Å². The topological polar surface area (TPSA) is 47.0 Å². The van der Waals surface area contributed by atoms with Gasteiger partial charge < -0.3 is 10.1 Å². The van der Waals surface area contributed by atoms with Crippen LogP contribution in [-0.2, 0) is 17.6 Å². The molecule has 0 amide bonds. The number of aromatic nitrogens is 2. The Kier molecular flexibility index (Phi) is 5.91. The Hall–Kier alpha value is -1.16. The molecule has 1 aromatic heterocycles. The zero-order valence-electron chi connectivity index (χ0n) is 11.3. The van der Waals surface area contributed by atoms with Crippen LogP contribution >= 0.6 is 0 Å². The molecule has 0 saturated heterocycles. The molecular formula is C13H23N3O. The van der Waals surface area contributed by atoms with Crippen LogP contribution in [0.4, 0.5) is 5.82 Å². The second kappa shape index (κ2) is 7.22. The Morgan fingerprint density at radius 1 is 1.24 bits per heavy atom. The maximum atomic E-state index is 5.07. The minimum atomic E-state index is 0.666. The number of rotatable bonds is 7. The average molecular weight is 237 g/mol. The number of hydrogen-bond acceptors (Lipinski definition) is 4. The van der Waals surface area contributed by atoms with Crippen molar-refractivity contribution in [3.8, 4) is 0 Å². The van der Waals surface area contributed by atoms with Crippen molar-refractivity contribution in [3.63, 3.8) is 0 Å². The normalized spacial score (nSPS) is 10.6. The van der Waals surface area contributed by atoms with E-state index in [9.17, 15) is 0 Å². The lowest BCUT2D eigenvalue weighted by Gasteiger charge is -2.12. The average Bonchev–Trinajstić information content (AvgIpc) is 2.35. The Morgan fingerprint density at radius 2 is 2.00 bits per heavy atom. The second-order valence-electron chi connectivity index (χ2n) is 4.08. The quantitative estimate of drug-likeness (QED) is 0.791. The van der Waals surface area contributed by atoms with Crippen molar-refractivity contribution in [2.45, 2.75) is 40.0 Å². The lowest BCUT2D eigenvalue weighted by atomic mass is 10.2. The van der Waals surface area contributed by atoms with E-state index in [4.69, 9.17) is 4.74 Å². The summed E-state index contributed by atoms with van der Waals surface area (Å²) < 4.78 is 5.07. The van der Waals surface area contributed by atoms with Crippen molar-refractivity contribution in [3.05, 3.63) is 17.1 Å². The van der Waals surface area contributed by atoms with E-state index in [1.54, 1.807) is 7.11 Å². The van der Waals surface area contributed by atoms with Crippen molar-refractivity contribution < 1.29 is 4.74 Å². The van der Waals surface area contributed by atoms with Crippen LogP contribution in [0.3, 0.4) is 0 Å². The predicted octanol–water partition coefficient (Wildman–Crippen LogP) is 2.36. The smallest absolute Gasteiger partial charge is 0.133 e. The second-order valence-corrected chi connectivity index (χ2v) is 4.08. The summed E-state index contributed by atoms with van der Waals surface area (Å²) in [6.45, 7) is 7.97. The number of nitrogens with zero attached hydrogens (tertiary/aromatic N) is 2. The van der Waals surface area contributed by atoms with Gasteiger partial charge in [0.15, 0.2) is 0 Å². The van der Waals surface area contributed by atoms with Crippen LogP contribution in [0.15, 0.2) is 0 Å². The molecule has 0 saturated carbocycles. The molecule has 0 fully saturated rings. The van der Waals surface area contributed by atoms with Gasteiger partial charge in [0.25, 0.3) is 0 Å². The SMILES string of the molecule is CCCNc1nc(CCOC)nc(CC)c1C. The van der Waals surface area contributed by atoms with E-state index in [0.29, 0.717) is 6.61 Å². The number of anilines is 1. The van der Waals surface area contributed by atoms with Crippen molar-refractivity contribution in [2.75, 3.05) is 25.6 Å². The first kappa shape index (κ1) is 13.9. The van der Waals surface area contributed by atoms with Gasteiger partial charge in [-0.2, -0.15) is 0 Å². The number of nitrogens with one attached hydrogen (secondary N) is 1. The molecule has 4 heteroatoms. The Morgan fingerprint density at radius 3 is 2.59 bits per heavy atom. The van der Waals surface area contributed by atoms with Crippen LogP contribution in [-0.4, -0.2) is 30.2 Å². The van der Waals surface area contributed by atoms with Crippen molar-refractivity contribution in [1.82, 2.24) is 9.97 Å². The fraction of sp³-hybridized carbons (Fsp3) is 0.692. The van der Waals surface area contributed by atoms with Crippen LogP contribution in [0.5, 0.6) is 0 Å². The first-order chi connectivity index (χ1) is 8.22. The fourth-order valence-corrected chi connectivity index (χ4v) is 1.68. The molecule has 0 radical (unpaired) electrons. The van der Waals surface area contributed by atoms with E-state index < -0.39 is 0 Å². The number of methoxy groups -OCH3 is 1. The molecule has 17 heavy (non-hydrogen) atoms. The third kappa shape index (κ3) is 3.97. The van der Waals surface area contributed by atoms with Gasteiger partial charge in [-0.05, 0) is 19.8 Å². The molecule has 0 aliphatic carbocycles. The summed E-state index contributed by atoms with van der Waals surface area (Å²) in [5.41, 5.74) is 2.30. The number of hydrogen-bond donors (Lipinski definition) is 1. The molecular weight excluding hydrogens is 214 g/mol. The van der Waals surface area contributed by atoms with E-state index in [0.717, 1.165) is 43.1 Å². The van der Waals surface area contributed by atoms with Crippen molar-refractivity contribution in [1.29, 1.82) is 0 Å². The van der Waals surface area contributed by atoms with Crippen LogP contribution in [0.1, 0.15) is 37.4 Å². The van der Waals surface area contributed by atoms with E-state index in [2.05, 4.69) is 36.1 Å². The summed E-state index contributed by atoms with van der Waals surface area (Å²) in [6.07, 6.45) is 2.80. The zero-order chi connectivity index (χ0) is 12.7. The largest absolute Gasteiger partial charge is 0.384 e. The molecule has 1 rings (SSSR count). The van der Waals surface area contributed by atoms with Crippen LogP contribution < -0.4 is 5.32 Å². The fourth-order valence-electron chi connectivity index (χ4n) is 1.68. The molecule has 1 N–H and O–H groups in total. The molecule has 0 atom stereocenters. The summed E-state index contributed by atoms with van der Waals surface area (Å²) in [5.74, 6) is 1.85. The minimum Gasteiger partial charge on any atom is -0.384 e. The Balaban J connectivity index is 2.92. The molecule has 1 aromatic rings. The van der Waals surface area contributed by atoms with Crippen molar-refractivity contribution in [2.24, 2.45) is 0 Å². The lowest BCUT2D eigenvalue weighted by molar-refractivity contribution is 0.200. The highest BCUT2D eigenvalue weighted by Gasteiger charge is 2.09. The monoisotopic (exact) mass is 237 g/mol. The maximum absolute atomic E-state index is 5.07. The first-order valence-corrected chi connectivity index (χ1v) is 6.32. The summed E-state index contributed by atoms with van der Waals surface area (Å²) in [5, 5.41) is 3.36. The highest BCUT2D eigenvalue weighted by Crippen LogP contribution is 2.16. The van der Waals surface area contributed by atoms with Crippen LogP contribution in [0.25, 0.3) is 0 Å². The molecule has 0 bridgehead atoms. The van der Waals surface area contributed by atoms with Gasteiger partial charge in [0.2, 0.25) is 0 Å².